The van der Waals surface area contributed by atoms with Crippen molar-refractivity contribution in [2.24, 2.45) is 0 Å². The van der Waals surface area contributed by atoms with Crippen LogP contribution in [-0.4, -0.2) is 11.5 Å². The molecule has 0 amide bonds. The molecule has 1 aromatic carbocycles. The van der Waals surface area contributed by atoms with Crippen LogP contribution in [0.2, 0.25) is 0 Å². The maximum atomic E-state index is 2.29. The van der Waals surface area contributed by atoms with Crippen molar-refractivity contribution < 1.29 is 0 Å². The molecule has 0 heterocycles. The van der Waals surface area contributed by atoms with Gasteiger partial charge in [-0.1, -0.05) is 44.2 Å². The topological polar surface area (TPSA) is 0 Å². The number of rotatable bonds is 5. The summed E-state index contributed by atoms with van der Waals surface area (Å²) in [7, 11) is 0.144. The normalized spacial score (nSPS) is 11.4. The first-order valence-electron chi connectivity index (χ1n) is 5.18. The Morgan fingerprint density at radius 3 is 1.92 bits per heavy atom. The smallest absolute Gasteiger partial charge is 0.0125 e. The lowest BCUT2D eigenvalue weighted by Crippen LogP contribution is -1.93. The molecule has 0 aliphatic carbocycles. The van der Waals surface area contributed by atoms with Gasteiger partial charge >= 0.3 is 0 Å². The number of benzene rings is 1. The molecule has 0 bridgehead atoms. The van der Waals surface area contributed by atoms with Crippen LogP contribution >= 0.6 is 10.9 Å². The zero-order valence-electron chi connectivity index (χ0n) is 8.66. The van der Waals surface area contributed by atoms with Gasteiger partial charge in [0.2, 0.25) is 0 Å². The molecule has 1 rings (SSSR count). The summed E-state index contributed by atoms with van der Waals surface area (Å²) in [6.45, 7) is 4.57. The second-order valence-electron chi connectivity index (χ2n) is 3.32. The molecule has 0 saturated carbocycles. The fourth-order valence-electron chi connectivity index (χ4n) is 1.55. The molecule has 0 saturated heterocycles. The van der Waals surface area contributed by atoms with E-state index in [1.807, 2.05) is 0 Å². The van der Waals surface area contributed by atoms with Gasteiger partial charge in [-0.15, -0.1) is 0 Å². The zero-order valence-corrected chi connectivity index (χ0v) is 9.56. The molecule has 1 aromatic rings. The lowest BCUT2D eigenvalue weighted by atomic mass is 10.4. The lowest BCUT2D eigenvalue weighted by Gasteiger charge is -2.20. The first-order valence-corrected chi connectivity index (χ1v) is 6.89. The summed E-state index contributed by atoms with van der Waals surface area (Å²) in [5, 5.41) is 0. The van der Waals surface area contributed by atoms with Crippen molar-refractivity contribution in [3.63, 3.8) is 0 Å². The Hall–Kier alpha value is -0.430. The van der Waals surface area contributed by atoms with Gasteiger partial charge in [-0.2, -0.15) is 0 Å². The molecule has 13 heavy (non-hydrogen) atoms. The molecule has 74 valence electrons. The third-order valence-electron chi connectivity index (χ3n) is 2.11. The summed E-state index contributed by atoms with van der Waals surface area (Å²) in [6, 6.07) is 11.0. The standard InChI is InChI=1S/C12H20S/c1-3-10-13(11-4-2)12-8-6-5-7-9-12/h5-9,13H,3-4,10-11H2,1-2H3. The summed E-state index contributed by atoms with van der Waals surface area (Å²) in [5.41, 5.74) is 0. The van der Waals surface area contributed by atoms with Gasteiger partial charge in [0, 0.05) is 0 Å². The lowest BCUT2D eigenvalue weighted by molar-refractivity contribution is 1.06. The fraction of sp³-hybridized carbons (Fsp3) is 0.500. The van der Waals surface area contributed by atoms with E-state index in [1.165, 1.54) is 24.3 Å². The Bertz CT molecular complexity index is 212. The minimum Gasteiger partial charge on any atom is -0.227 e. The second kappa shape index (κ2) is 6.09. The molecule has 0 atom stereocenters. The van der Waals surface area contributed by atoms with Crippen LogP contribution in [0.1, 0.15) is 26.7 Å². The predicted octanol–water partition coefficient (Wildman–Crippen LogP) is 3.87. The molecule has 0 spiro atoms. The highest BCUT2D eigenvalue weighted by atomic mass is 32.2. The molecule has 0 N–H and O–H groups in total. The van der Waals surface area contributed by atoms with E-state index in [2.05, 4.69) is 44.2 Å². The first kappa shape index (κ1) is 10.6. The van der Waals surface area contributed by atoms with Crippen LogP contribution < -0.4 is 0 Å². The predicted molar refractivity (Wildman–Crippen MR) is 64.0 cm³/mol. The van der Waals surface area contributed by atoms with Crippen molar-refractivity contribution in [3.05, 3.63) is 30.3 Å². The fourth-order valence-corrected chi connectivity index (χ4v) is 3.96. The van der Waals surface area contributed by atoms with E-state index < -0.39 is 0 Å². The van der Waals surface area contributed by atoms with Crippen molar-refractivity contribution in [2.75, 3.05) is 11.5 Å². The Morgan fingerprint density at radius 1 is 0.923 bits per heavy atom. The molecular formula is C12H20S. The highest BCUT2D eigenvalue weighted by Crippen LogP contribution is 2.36. The molecule has 0 aliphatic rings. The first-order chi connectivity index (χ1) is 6.38. The maximum Gasteiger partial charge on any atom is -0.0125 e. The van der Waals surface area contributed by atoms with E-state index in [0.29, 0.717) is 0 Å². The van der Waals surface area contributed by atoms with E-state index >= 15 is 0 Å². The van der Waals surface area contributed by atoms with Crippen molar-refractivity contribution in [2.45, 2.75) is 31.6 Å². The maximum absolute atomic E-state index is 2.29. The third kappa shape index (κ3) is 3.43. The Balaban J connectivity index is 2.64. The van der Waals surface area contributed by atoms with E-state index in [9.17, 15) is 0 Å². The van der Waals surface area contributed by atoms with E-state index in [-0.39, 0.29) is 10.9 Å². The average Bonchev–Trinajstić information content (AvgIpc) is 2.19. The van der Waals surface area contributed by atoms with E-state index in [1.54, 1.807) is 4.90 Å². The highest BCUT2D eigenvalue weighted by Gasteiger charge is 2.03. The minimum absolute atomic E-state index is 0.144. The van der Waals surface area contributed by atoms with Gasteiger partial charge in [0.15, 0.2) is 0 Å². The molecule has 0 unspecified atom stereocenters. The monoisotopic (exact) mass is 196 g/mol. The molecule has 0 nitrogen and oxygen atoms in total. The Labute approximate surface area is 84.7 Å². The molecule has 0 aliphatic heterocycles. The van der Waals surface area contributed by atoms with Gasteiger partial charge in [-0.05, 0) is 29.2 Å². The second-order valence-corrected chi connectivity index (χ2v) is 5.81. The van der Waals surface area contributed by atoms with Gasteiger partial charge in [-0.3, -0.25) is 0 Å². The van der Waals surface area contributed by atoms with Crippen LogP contribution in [-0.2, 0) is 0 Å². The van der Waals surface area contributed by atoms with Gasteiger partial charge in [-0.25, -0.2) is 10.9 Å². The number of thiol groups is 1. The van der Waals surface area contributed by atoms with Crippen molar-refractivity contribution in [1.29, 1.82) is 0 Å². The Kier molecular flexibility index (Phi) is 4.99. The van der Waals surface area contributed by atoms with E-state index in [4.69, 9.17) is 0 Å². The van der Waals surface area contributed by atoms with Gasteiger partial charge in [0.1, 0.15) is 0 Å². The molecule has 0 radical (unpaired) electrons. The van der Waals surface area contributed by atoms with Crippen LogP contribution in [0.15, 0.2) is 35.2 Å². The summed E-state index contributed by atoms with van der Waals surface area (Å²) in [4.78, 5) is 1.58. The summed E-state index contributed by atoms with van der Waals surface area (Å²) in [5.74, 6) is 2.79. The average molecular weight is 196 g/mol. The SMILES string of the molecule is CCC[SH](CCC)c1ccccc1. The molecular weight excluding hydrogens is 176 g/mol. The van der Waals surface area contributed by atoms with Crippen molar-refractivity contribution in [3.8, 4) is 0 Å². The highest BCUT2D eigenvalue weighted by molar-refractivity contribution is 8.17. The Morgan fingerprint density at radius 2 is 1.46 bits per heavy atom. The largest absolute Gasteiger partial charge is 0.227 e. The van der Waals surface area contributed by atoms with Crippen LogP contribution in [0.3, 0.4) is 0 Å². The van der Waals surface area contributed by atoms with Crippen LogP contribution in [0.25, 0.3) is 0 Å². The molecule has 0 fully saturated rings. The molecule has 1 heteroatoms. The van der Waals surface area contributed by atoms with Gasteiger partial charge < -0.3 is 0 Å². The number of hydrogen-bond donors (Lipinski definition) is 1. The summed E-state index contributed by atoms with van der Waals surface area (Å²) < 4.78 is 0. The third-order valence-corrected chi connectivity index (χ3v) is 5.11. The van der Waals surface area contributed by atoms with Gasteiger partial charge in [0.05, 0.1) is 0 Å². The zero-order chi connectivity index (χ0) is 9.52. The van der Waals surface area contributed by atoms with Crippen molar-refractivity contribution in [1.82, 2.24) is 0 Å². The summed E-state index contributed by atoms with van der Waals surface area (Å²) in [6.07, 6.45) is 2.64. The van der Waals surface area contributed by atoms with Crippen LogP contribution in [0.5, 0.6) is 0 Å². The van der Waals surface area contributed by atoms with Crippen LogP contribution in [0.4, 0.5) is 0 Å². The quantitative estimate of drug-likeness (QED) is 0.679. The van der Waals surface area contributed by atoms with Crippen molar-refractivity contribution >= 4 is 10.9 Å². The van der Waals surface area contributed by atoms with E-state index in [0.717, 1.165) is 0 Å². The van der Waals surface area contributed by atoms with Crippen LogP contribution in [0, 0.1) is 0 Å². The molecule has 0 aromatic heterocycles. The minimum atomic E-state index is 0.144. The van der Waals surface area contributed by atoms with Gasteiger partial charge in [0.25, 0.3) is 0 Å². The number of hydrogen-bond acceptors (Lipinski definition) is 0. The summed E-state index contributed by atoms with van der Waals surface area (Å²) >= 11 is 0.